The Kier molecular flexibility index (Phi) is 4.44. The third-order valence-electron chi connectivity index (χ3n) is 2.87. The number of phosphoric acid groups is 1. The lowest BCUT2D eigenvalue weighted by atomic mass is 10.1. The van der Waals surface area contributed by atoms with Gasteiger partial charge in [-0.2, -0.15) is 0 Å². The largest absolute Gasteiger partial charge is 0.469 e. The maximum Gasteiger partial charge on any atom is 0.469 e. The normalized spacial score (nSPS) is 29.7. The van der Waals surface area contributed by atoms with Crippen molar-refractivity contribution in [2.75, 3.05) is 6.61 Å². The van der Waals surface area contributed by atoms with Gasteiger partial charge in [-0.3, -0.25) is 18.9 Å². The lowest BCUT2D eigenvalue weighted by molar-refractivity contribution is -0.0543. The molecule has 1 aromatic rings. The molecule has 4 atom stereocenters. The van der Waals surface area contributed by atoms with Gasteiger partial charge in [0.2, 0.25) is 0 Å². The summed E-state index contributed by atoms with van der Waals surface area (Å²) in [6.45, 7) is -0.683. The minimum absolute atomic E-state index is 0.648. The fourth-order valence-electron chi connectivity index (χ4n) is 1.89. The number of aromatic amines is 1. The van der Waals surface area contributed by atoms with Crippen molar-refractivity contribution in [1.29, 1.82) is 0 Å². The number of aliphatic hydroxyl groups is 2. The van der Waals surface area contributed by atoms with E-state index in [1.54, 1.807) is 0 Å². The number of hydrogen-bond acceptors (Lipinski definition) is 7. The van der Waals surface area contributed by atoms with E-state index in [2.05, 4.69) is 4.52 Å². The van der Waals surface area contributed by atoms with Crippen molar-refractivity contribution in [3.63, 3.8) is 0 Å². The van der Waals surface area contributed by atoms with E-state index in [0.717, 1.165) is 16.8 Å². The zero-order valence-electron chi connectivity index (χ0n) is 10.4. The smallest absolute Gasteiger partial charge is 0.387 e. The van der Waals surface area contributed by atoms with Gasteiger partial charge in [-0.25, -0.2) is 9.36 Å². The summed E-state index contributed by atoms with van der Waals surface area (Å²) in [7, 11) is -4.76. The summed E-state index contributed by atoms with van der Waals surface area (Å²) in [6, 6.07) is 1.02. The summed E-state index contributed by atoms with van der Waals surface area (Å²) in [6.07, 6.45) is -4.58. The van der Waals surface area contributed by atoms with E-state index >= 15 is 0 Å². The molecule has 0 amide bonds. The van der Waals surface area contributed by atoms with Crippen LogP contribution in [0.3, 0.4) is 0 Å². The Hall–Kier alpha value is -1.33. The highest BCUT2D eigenvalue weighted by Gasteiger charge is 2.44. The van der Waals surface area contributed by atoms with Crippen LogP contribution in [0.2, 0.25) is 0 Å². The van der Waals surface area contributed by atoms with Crippen molar-refractivity contribution < 1.29 is 33.8 Å². The second-order valence-corrected chi connectivity index (χ2v) is 5.59. The first-order valence-electron chi connectivity index (χ1n) is 5.72. The molecule has 0 bridgehead atoms. The molecule has 0 aliphatic carbocycles. The first-order chi connectivity index (χ1) is 9.69. The Bertz CT molecular complexity index is 664. The standard InChI is InChI=1S/C9H13N2O9P/c12-5-1-2-11(9(15)10-5)8-7(14)6(13)4(20-8)3-19-21(16,17)18/h1-2,4,6-8,13-14H,3H2,(H,10,12,15)(H2,16,17,18)/t4-,6+,7+,8+/m0/s1. The van der Waals surface area contributed by atoms with Gasteiger partial charge in [0.05, 0.1) is 6.61 Å². The molecular weight excluding hydrogens is 311 g/mol. The fourth-order valence-corrected chi connectivity index (χ4v) is 2.24. The van der Waals surface area contributed by atoms with Gasteiger partial charge in [-0.05, 0) is 0 Å². The van der Waals surface area contributed by atoms with E-state index < -0.39 is 50.2 Å². The van der Waals surface area contributed by atoms with Crippen molar-refractivity contribution in [3.8, 4) is 0 Å². The molecule has 2 heterocycles. The molecule has 0 saturated carbocycles. The van der Waals surface area contributed by atoms with Crippen LogP contribution in [0.25, 0.3) is 0 Å². The van der Waals surface area contributed by atoms with Crippen LogP contribution < -0.4 is 11.2 Å². The summed E-state index contributed by atoms with van der Waals surface area (Å²) in [4.78, 5) is 41.6. The fraction of sp³-hybridized carbons (Fsp3) is 0.556. The Balaban J connectivity index is 2.18. The summed E-state index contributed by atoms with van der Waals surface area (Å²) in [5.74, 6) is 0. The van der Waals surface area contributed by atoms with Gasteiger partial charge in [-0.15, -0.1) is 0 Å². The predicted octanol–water partition coefficient (Wildman–Crippen LogP) is -2.73. The third kappa shape index (κ3) is 3.66. The summed E-state index contributed by atoms with van der Waals surface area (Å²) in [5.41, 5.74) is -1.51. The minimum Gasteiger partial charge on any atom is -0.387 e. The number of aliphatic hydroxyl groups excluding tert-OH is 2. The second-order valence-electron chi connectivity index (χ2n) is 4.35. The minimum atomic E-state index is -4.76. The predicted molar refractivity (Wildman–Crippen MR) is 65.2 cm³/mol. The van der Waals surface area contributed by atoms with E-state index in [1.165, 1.54) is 0 Å². The number of ether oxygens (including phenoxy) is 1. The molecule has 1 aromatic heterocycles. The van der Waals surface area contributed by atoms with E-state index in [9.17, 15) is 24.4 Å². The molecule has 2 rings (SSSR count). The van der Waals surface area contributed by atoms with Crippen molar-refractivity contribution in [1.82, 2.24) is 9.55 Å². The van der Waals surface area contributed by atoms with Crippen molar-refractivity contribution >= 4 is 7.82 Å². The van der Waals surface area contributed by atoms with Crippen LogP contribution in [-0.2, 0) is 13.8 Å². The van der Waals surface area contributed by atoms with Crippen LogP contribution in [0.1, 0.15) is 6.23 Å². The Morgan fingerprint density at radius 1 is 1.33 bits per heavy atom. The summed E-state index contributed by atoms with van der Waals surface area (Å²) >= 11 is 0. The maximum atomic E-state index is 11.6. The average molecular weight is 324 g/mol. The lowest BCUT2D eigenvalue weighted by Gasteiger charge is -2.16. The molecule has 1 aliphatic rings. The lowest BCUT2D eigenvalue weighted by Crippen LogP contribution is -2.37. The van der Waals surface area contributed by atoms with E-state index in [1.807, 2.05) is 4.98 Å². The van der Waals surface area contributed by atoms with Crippen LogP contribution in [0.4, 0.5) is 0 Å². The molecule has 1 aliphatic heterocycles. The first kappa shape index (κ1) is 16.0. The van der Waals surface area contributed by atoms with Crippen molar-refractivity contribution in [2.24, 2.45) is 0 Å². The Morgan fingerprint density at radius 3 is 2.57 bits per heavy atom. The van der Waals surface area contributed by atoms with E-state index in [0.29, 0.717) is 0 Å². The Labute approximate surface area is 116 Å². The quantitative estimate of drug-likeness (QED) is 0.368. The highest BCUT2D eigenvalue weighted by atomic mass is 31.2. The number of H-pyrrole nitrogens is 1. The number of hydrogen-bond donors (Lipinski definition) is 5. The van der Waals surface area contributed by atoms with Gasteiger partial charge in [0, 0.05) is 12.3 Å². The van der Waals surface area contributed by atoms with Gasteiger partial charge in [0.1, 0.15) is 18.3 Å². The monoisotopic (exact) mass is 324 g/mol. The van der Waals surface area contributed by atoms with Gasteiger partial charge in [0.25, 0.3) is 5.56 Å². The number of nitrogens with zero attached hydrogens (tertiary/aromatic N) is 1. The molecule has 5 N–H and O–H groups in total. The molecule has 1 saturated heterocycles. The van der Waals surface area contributed by atoms with E-state index in [4.69, 9.17) is 14.5 Å². The molecule has 21 heavy (non-hydrogen) atoms. The summed E-state index contributed by atoms with van der Waals surface area (Å²) in [5, 5.41) is 19.6. The average Bonchev–Trinajstić information content (AvgIpc) is 2.64. The molecule has 0 unspecified atom stereocenters. The summed E-state index contributed by atoms with van der Waals surface area (Å²) < 4.78 is 20.8. The molecular formula is C9H13N2O9P. The molecule has 0 radical (unpaired) electrons. The topological polar surface area (TPSA) is 171 Å². The van der Waals surface area contributed by atoms with Crippen molar-refractivity contribution in [2.45, 2.75) is 24.5 Å². The van der Waals surface area contributed by atoms with Gasteiger partial charge >= 0.3 is 13.5 Å². The SMILES string of the molecule is O=c1ccn([C@@H]2O[C@@H](COP(=O)(O)O)[C@@H](O)[C@H]2O)c(=O)[nH]1. The highest BCUT2D eigenvalue weighted by Crippen LogP contribution is 2.38. The second kappa shape index (κ2) is 5.81. The molecule has 1 fully saturated rings. The van der Waals surface area contributed by atoms with Crippen LogP contribution in [0.15, 0.2) is 21.9 Å². The number of nitrogens with one attached hydrogen (secondary N) is 1. The number of phosphoric ester groups is 1. The van der Waals surface area contributed by atoms with Gasteiger partial charge in [-0.1, -0.05) is 0 Å². The maximum absolute atomic E-state index is 11.6. The number of rotatable bonds is 4. The van der Waals surface area contributed by atoms with E-state index in [-0.39, 0.29) is 0 Å². The van der Waals surface area contributed by atoms with Gasteiger partial charge < -0.3 is 24.7 Å². The third-order valence-corrected chi connectivity index (χ3v) is 3.35. The molecule has 12 heteroatoms. The highest BCUT2D eigenvalue weighted by molar-refractivity contribution is 7.46. The van der Waals surface area contributed by atoms with Crippen LogP contribution in [0.5, 0.6) is 0 Å². The molecule has 0 spiro atoms. The molecule has 11 nitrogen and oxygen atoms in total. The Morgan fingerprint density at radius 2 is 2.00 bits per heavy atom. The van der Waals surface area contributed by atoms with Gasteiger partial charge in [0.15, 0.2) is 6.23 Å². The van der Waals surface area contributed by atoms with Crippen LogP contribution in [0, 0.1) is 0 Å². The zero-order chi connectivity index (χ0) is 15.8. The molecule has 0 aromatic carbocycles. The zero-order valence-corrected chi connectivity index (χ0v) is 11.3. The van der Waals surface area contributed by atoms with Crippen molar-refractivity contribution in [3.05, 3.63) is 33.1 Å². The van der Waals surface area contributed by atoms with Crippen LogP contribution >= 0.6 is 7.82 Å². The first-order valence-corrected chi connectivity index (χ1v) is 7.25. The van der Waals surface area contributed by atoms with Crippen LogP contribution in [-0.4, -0.2) is 54.5 Å². The molecule has 118 valence electrons. The number of aromatic nitrogens is 2.